The maximum Gasteiger partial charge on any atom is 0.227 e. The molecule has 154 valence electrons. The molecular weight excluding hydrogens is 370 g/mol. The topological polar surface area (TPSA) is 95.7 Å². The number of pyridine rings is 1. The summed E-state index contributed by atoms with van der Waals surface area (Å²) in [7, 11) is 1.62. The van der Waals surface area contributed by atoms with Gasteiger partial charge in [0.1, 0.15) is 6.10 Å². The Morgan fingerprint density at radius 2 is 2.03 bits per heavy atom. The molecule has 1 saturated heterocycles. The van der Waals surface area contributed by atoms with Crippen molar-refractivity contribution in [3.63, 3.8) is 0 Å². The molecule has 0 spiro atoms. The molecule has 1 aromatic carbocycles. The molecular formula is C22H27N3O4. The van der Waals surface area contributed by atoms with Gasteiger partial charge < -0.3 is 25.3 Å². The van der Waals surface area contributed by atoms with E-state index in [9.17, 15) is 4.79 Å². The molecule has 0 bridgehead atoms. The summed E-state index contributed by atoms with van der Waals surface area (Å²) < 4.78 is 17.3. The average molecular weight is 397 g/mol. The van der Waals surface area contributed by atoms with Gasteiger partial charge in [-0.2, -0.15) is 0 Å². The van der Waals surface area contributed by atoms with Crippen LogP contribution in [-0.4, -0.2) is 37.3 Å². The number of carbonyl (C=O) groups is 1. The van der Waals surface area contributed by atoms with Gasteiger partial charge in [-0.25, -0.2) is 0 Å². The highest BCUT2D eigenvalue weighted by molar-refractivity contribution is 5.94. The van der Waals surface area contributed by atoms with Crippen LogP contribution in [0.2, 0.25) is 0 Å². The average Bonchev–Trinajstić information content (AvgIpc) is 3.60. The Balaban J connectivity index is 1.61. The summed E-state index contributed by atoms with van der Waals surface area (Å²) >= 11 is 0. The summed E-state index contributed by atoms with van der Waals surface area (Å²) in [6, 6.07) is 7.55. The van der Waals surface area contributed by atoms with Crippen molar-refractivity contribution in [3.8, 4) is 22.8 Å². The first kappa shape index (κ1) is 19.7. The Labute approximate surface area is 170 Å². The van der Waals surface area contributed by atoms with E-state index in [-0.39, 0.29) is 17.9 Å². The van der Waals surface area contributed by atoms with E-state index < -0.39 is 0 Å². The van der Waals surface area contributed by atoms with Crippen molar-refractivity contribution in [3.05, 3.63) is 36.0 Å². The minimum absolute atomic E-state index is 0.0718. The zero-order chi connectivity index (χ0) is 20.2. The first-order chi connectivity index (χ1) is 14.2. The minimum atomic E-state index is 0.0718. The van der Waals surface area contributed by atoms with E-state index in [1.54, 1.807) is 19.4 Å². The number of ether oxygens (including phenoxy) is 3. The second-order valence-electron chi connectivity index (χ2n) is 7.49. The van der Waals surface area contributed by atoms with Crippen LogP contribution in [0.25, 0.3) is 11.3 Å². The predicted octanol–water partition coefficient (Wildman–Crippen LogP) is 3.12. The minimum Gasteiger partial charge on any atom is -0.493 e. The van der Waals surface area contributed by atoms with Crippen LogP contribution >= 0.6 is 0 Å². The van der Waals surface area contributed by atoms with Crippen molar-refractivity contribution >= 4 is 11.6 Å². The normalized spacial score (nSPS) is 17.0. The molecule has 0 radical (unpaired) electrons. The number of benzene rings is 1. The molecule has 7 nitrogen and oxygen atoms in total. The Morgan fingerprint density at radius 1 is 1.24 bits per heavy atom. The van der Waals surface area contributed by atoms with Gasteiger partial charge in [0.15, 0.2) is 11.5 Å². The first-order valence-electron chi connectivity index (χ1n) is 10.1. The van der Waals surface area contributed by atoms with Crippen molar-refractivity contribution < 1.29 is 19.0 Å². The molecule has 29 heavy (non-hydrogen) atoms. The van der Waals surface area contributed by atoms with E-state index in [2.05, 4.69) is 10.3 Å². The van der Waals surface area contributed by atoms with Crippen molar-refractivity contribution in [2.75, 3.05) is 25.6 Å². The van der Waals surface area contributed by atoms with Gasteiger partial charge in [-0.15, -0.1) is 0 Å². The van der Waals surface area contributed by atoms with Gasteiger partial charge in [0.2, 0.25) is 5.91 Å². The highest BCUT2D eigenvalue weighted by Gasteiger charge is 2.29. The molecule has 3 N–H and O–H groups in total. The van der Waals surface area contributed by atoms with Crippen LogP contribution < -0.4 is 20.5 Å². The third-order valence-electron chi connectivity index (χ3n) is 5.30. The van der Waals surface area contributed by atoms with Gasteiger partial charge in [0.25, 0.3) is 0 Å². The first-order valence-corrected chi connectivity index (χ1v) is 10.1. The SMILES string of the molecule is COc1cc(-c2cc(NC(=O)C3CC3)ccn2)cc(CN)c1OC1CCOCC1. The van der Waals surface area contributed by atoms with Crippen molar-refractivity contribution in [2.45, 2.75) is 38.3 Å². The second kappa shape index (κ2) is 8.80. The lowest BCUT2D eigenvalue weighted by molar-refractivity contribution is -0.117. The number of nitrogens with one attached hydrogen (secondary N) is 1. The summed E-state index contributed by atoms with van der Waals surface area (Å²) in [6.07, 6.45) is 5.41. The number of nitrogens with zero attached hydrogens (tertiary/aromatic N) is 1. The molecule has 1 saturated carbocycles. The van der Waals surface area contributed by atoms with E-state index in [1.165, 1.54) is 0 Å². The number of carbonyl (C=O) groups excluding carboxylic acids is 1. The standard InChI is InChI=1S/C22H27N3O4/c1-27-20-11-15(10-16(13-23)21(20)29-18-5-8-28-9-6-18)19-12-17(4-7-24-19)25-22(26)14-2-3-14/h4,7,10-12,14,18H,2-3,5-6,8-9,13,23H2,1H3,(H,24,25,26). The van der Waals surface area contributed by atoms with E-state index in [0.717, 1.165) is 48.2 Å². The van der Waals surface area contributed by atoms with Crippen LogP contribution in [0, 0.1) is 5.92 Å². The van der Waals surface area contributed by atoms with Crippen LogP contribution in [0.3, 0.4) is 0 Å². The largest absolute Gasteiger partial charge is 0.493 e. The smallest absolute Gasteiger partial charge is 0.227 e. The molecule has 2 aromatic rings. The number of nitrogens with two attached hydrogens (primary N) is 1. The molecule has 2 fully saturated rings. The number of methoxy groups -OCH3 is 1. The summed E-state index contributed by atoms with van der Waals surface area (Å²) in [5, 5.41) is 2.97. The van der Waals surface area contributed by atoms with Gasteiger partial charge in [-0.05, 0) is 37.1 Å². The molecule has 2 heterocycles. The number of aromatic nitrogens is 1. The van der Waals surface area contributed by atoms with Crippen LogP contribution in [-0.2, 0) is 16.1 Å². The van der Waals surface area contributed by atoms with Crippen LogP contribution in [0.15, 0.2) is 30.5 Å². The van der Waals surface area contributed by atoms with E-state index in [1.807, 2.05) is 18.2 Å². The lowest BCUT2D eigenvalue weighted by Crippen LogP contribution is -2.26. The number of rotatable bonds is 7. The van der Waals surface area contributed by atoms with Gasteiger partial charge in [-0.1, -0.05) is 0 Å². The third kappa shape index (κ3) is 4.68. The van der Waals surface area contributed by atoms with Gasteiger partial charge >= 0.3 is 0 Å². The van der Waals surface area contributed by atoms with Crippen molar-refractivity contribution in [2.24, 2.45) is 11.7 Å². The zero-order valence-corrected chi connectivity index (χ0v) is 16.6. The monoisotopic (exact) mass is 397 g/mol. The molecule has 4 rings (SSSR count). The van der Waals surface area contributed by atoms with Gasteiger partial charge in [-0.3, -0.25) is 9.78 Å². The Hall–Kier alpha value is -2.64. The third-order valence-corrected chi connectivity index (χ3v) is 5.30. The Kier molecular flexibility index (Phi) is 5.97. The summed E-state index contributed by atoms with van der Waals surface area (Å²) in [5.41, 5.74) is 9.23. The lowest BCUT2D eigenvalue weighted by atomic mass is 10.0. The molecule has 0 atom stereocenters. The van der Waals surface area contributed by atoms with E-state index >= 15 is 0 Å². The van der Waals surface area contributed by atoms with Crippen LogP contribution in [0.5, 0.6) is 11.5 Å². The molecule has 1 aromatic heterocycles. The lowest BCUT2D eigenvalue weighted by Gasteiger charge is -2.26. The van der Waals surface area contributed by atoms with Crippen molar-refractivity contribution in [1.82, 2.24) is 4.98 Å². The summed E-state index contributed by atoms with van der Waals surface area (Å²) in [5.74, 6) is 1.53. The highest BCUT2D eigenvalue weighted by atomic mass is 16.5. The molecule has 1 aliphatic heterocycles. The van der Waals surface area contributed by atoms with Crippen molar-refractivity contribution in [1.29, 1.82) is 0 Å². The number of anilines is 1. The van der Waals surface area contributed by atoms with E-state index in [4.69, 9.17) is 19.9 Å². The fraction of sp³-hybridized carbons (Fsp3) is 0.455. The predicted molar refractivity (Wildman–Crippen MR) is 110 cm³/mol. The fourth-order valence-corrected chi connectivity index (χ4v) is 3.46. The van der Waals surface area contributed by atoms with Crippen LogP contribution in [0.4, 0.5) is 5.69 Å². The molecule has 1 aliphatic carbocycles. The molecule has 7 heteroatoms. The number of hydrogen-bond acceptors (Lipinski definition) is 6. The maximum atomic E-state index is 12.1. The van der Waals surface area contributed by atoms with Gasteiger partial charge in [0, 0.05) is 48.3 Å². The Bertz CT molecular complexity index is 851. The summed E-state index contributed by atoms with van der Waals surface area (Å²) in [4.78, 5) is 16.5. The molecule has 0 unspecified atom stereocenters. The Morgan fingerprint density at radius 3 is 2.72 bits per heavy atom. The number of hydrogen-bond donors (Lipinski definition) is 2. The second-order valence-corrected chi connectivity index (χ2v) is 7.49. The molecule has 1 amide bonds. The number of amides is 1. The highest BCUT2D eigenvalue weighted by Crippen LogP contribution is 2.38. The quantitative estimate of drug-likeness (QED) is 0.745. The molecule has 2 aliphatic rings. The van der Waals surface area contributed by atoms with Crippen LogP contribution in [0.1, 0.15) is 31.2 Å². The maximum absolute atomic E-state index is 12.1. The van der Waals surface area contributed by atoms with Gasteiger partial charge in [0.05, 0.1) is 26.0 Å². The fourth-order valence-electron chi connectivity index (χ4n) is 3.46. The zero-order valence-electron chi connectivity index (χ0n) is 16.6. The van der Waals surface area contributed by atoms with E-state index in [0.29, 0.717) is 31.3 Å². The summed E-state index contributed by atoms with van der Waals surface area (Å²) in [6.45, 7) is 1.72.